The van der Waals surface area contributed by atoms with Crippen molar-refractivity contribution in [1.29, 1.82) is 0 Å². The number of aliphatic hydroxyl groups is 1. The molecule has 1 aromatic rings. The molecule has 0 spiro atoms. The molecule has 0 radical (unpaired) electrons. The maximum absolute atomic E-state index is 9.28. The smallest absolute Gasteiger partial charge is 0.0611 e. The van der Waals surface area contributed by atoms with Gasteiger partial charge in [0, 0.05) is 36.4 Å². The third-order valence-corrected chi connectivity index (χ3v) is 4.00. The van der Waals surface area contributed by atoms with Gasteiger partial charge in [-0.15, -0.1) is 0 Å². The molecule has 2 atom stereocenters. The van der Waals surface area contributed by atoms with Crippen molar-refractivity contribution >= 4 is 0 Å². The van der Waals surface area contributed by atoms with Crippen LogP contribution in [0.15, 0.2) is 24.4 Å². The van der Waals surface area contributed by atoms with Gasteiger partial charge in [0.1, 0.15) is 0 Å². The third kappa shape index (κ3) is 3.28. The molecule has 1 aliphatic rings. The van der Waals surface area contributed by atoms with Crippen LogP contribution < -0.4 is 5.73 Å². The summed E-state index contributed by atoms with van der Waals surface area (Å²) >= 11 is 0. The van der Waals surface area contributed by atoms with E-state index in [1.807, 2.05) is 18.3 Å². The van der Waals surface area contributed by atoms with Gasteiger partial charge in [-0.25, -0.2) is 0 Å². The van der Waals surface area contributed by atoms with Gasteiger partial charge in [0.25, 0.3) is 0 Å². The third-order valence-electron chi connectivity index (χ3n) is 4.00. The molecule has 4 heteroatoms. The zero-order valence-electron chi connectivity index (χ0n) is 11.0. The first kappa shape index (κ1) is 13.5. The summed E-state index contributed by atoms with van der Waals surface area (Å²) in [6, 6.07) is 6.51. The number of pyridine rings is 1. The largest absolute Gasteiger partial charge is 0.394 e. The highest BCUT2D eigenvalue weighted by molar-refractivity contribution is 5.04. The number of aliphatic hydroxyl groups excluding tert-OH is 1. The van der Waals surface area contributed by atoms with Crippen LogP contribution in [0.2, 0.25) is 0 Å². The van der Waals surface area contributed by atoms with Gasteiger partial charge >= 0.3 is 0 Å². The number of aromatic nitrogens is 1. The van der Waals surface area contributed by atoms with Gasteiger partial charge in [-0.3, -0.25) is 4.98 Å². The van der Waals surface area contributed by atoms with Gasteiger partial charge in [0.15, 0.2) is 0 Å². The summed E-state index contributed by atoms with van der Waals surface area (Å²) in [6.07, 6.45) is 5.69. The predicted octanol–water partition coefficient (Wildman–Crippen LogP) is 0.798. The second kappa shape index (κ2) is 5.78. The first-order valence-electron chi connectivity index (χ1n) is 6.63. The molecule has 1 heterocycles. The normalized spacial score (nSPS) is 27.9. The second-order valence-corrected chi connectivity index (χ2v) is 5.47. The molecule has 0 amide bonds. The quantitative estimate of drug-likeness (QED) is 0.810. The zero-order valence-corrected chi connectivity index (χ0v) is 11.0. The molecule has 2 unspecified atom stereocenters. The Morgan fingerprint density at radius 1 is 1.56 bits per heavy atom. The van der Waals surface area contributed by atoms with E-state index in [2.05, 4.69) is 23.0 Å². The van der Waals surface area contributed by atoms with E-state index >= 15 is 0 Å². The molecule has 2 rings (SSSR count). The van der Waals surface area contributed by atoms with Crippen molar-refractivity contribution in [3.05, 3.63) is 30.1 Å². The monoisotopic (exact) mass is 249 g/mol. The first-order chi connectivity index (χ1) is 8.63. The lowest BCUT2D eigenvalue weighted by atomic mass is 10.0. The highest BCUT2D eigenvalue weighted by Crippen LogP contribution is 2.30. The molecule has 0 saturated heterocycles. The Balaban J connectivity index is 1.81. The van der Waals surface area contributed by atoms with Crippen LogP contribution in [0.1, 0.15) is 25.0 Å². The fourth-order valence-electron chi connectivity index (χ4n) is 2.67. The van der Waals surface area contributed by atoms with E-state index < -0.39 is 0 Å². The van der Waals surface area contributed by atoms with E-state index in [0.29, 0.717) is 6.04 Å². The Morgan fingerprint density at radius 2 is 2.39 bits per heavy atom. The van der Waals surface area contributed by atoms with Crippen molar-refractivity contribution in [3.63, 3.8) is 0 Å². The molecule has 4 nitrogen and oxygen atoms in total. The van der Waals surface area contributed by atoms with E-state index in [1.165, 1.54) is 0 Å². The van der Waals surface area contributed by atoms with Gasteiger partial charge in [-0.05, 0) is 38.4 Å². The van der Waals surface area contributed by atoms with Crippen LogP contribution in [0, 0.1) is 0 Å². The van der Waals surface area contributed by atoms with Gasteiger partial charge < -0.3 is 15.7 Å². The summed E-state index contributed by atoms with van der Waals surface area (Å²) in [5.41, 5.74) is 6.88. The maximum atomic E-state index is 9.28. The summed E-state index contributed by atoms with van der Waals surface area (Å²) in [6.45, 7) is 1.08. The second-order valence-electron chi connectivity index (χ2n) is 5.47. The van der Waals surface area contributed by atoms with E-state index in [4.69, 9.17) is 5.73 Å². The average Bonchev–Trinajstić information content (AvgIpc) is 2.81. The van der Waals surface area contributed by atoms with Gasteiger partial charge in [0.05, 0.1) is 6.61 Å². The van der Waals surface area contributed by atoms with Crippen LogP contribution in [-0.4, -0.2) is 46.8 Å². The highest BCUT2D eigenvalue weighted by Gasteiger charge is 2.36. The molecule has 0 bridgehead atoms. The van der Waals surface area contributed by atoms with Crippen LogP contribution in [0.25, 0.3) is 0 Å². The fourth-order valence-corrected chi connectivity index (χ4v) is 2.67. The van der Waals surface area contributed by atoms with Crippen LogP contribution in [-0.2, 0) is 6.42 Å². The summed E-state index contributed by atoms with van der Waals surface area (Å²) in [5, 5.41) is 9.28. The van der Waals surface area contributed by atoms with Crippen molar-refractivity contribution in [2.24, 2.45) is 5.73 Å². The molecular formula is C14H23N3O. The summed E-state index contributed by atoms with van der Waals surface area (Å²) in [4.78, 5) is 6.68. The Kier molecular flexibility index (Phi) is 4.32. The lowest BCUT2D eigenvalue weighted by molar-refractivity contribution is 0.181. The van der Waals surface area contributed by atoms with Crippen molar-refractivity contribution in [3.8, 4) is 0 Å². The van der Waals surface area contributed by atoms with Gasteiger partial charge in [-0.2, -0.15) is 0 Å². The molecule has 0 aromatic carbocycles. The minimum absolute atomic E-state index is 0.0948. The fraction of sp³-hybridized carbons (Fsp3) is 0.643. The lowest BCUT2D eigenvalue weighted by Crippen LogP contribution is -2.43. The molecule has 0 aliphatic heterocycles. The molecule has 1 aromatic heterocycles. The molecule has 100 valence electrons. The molecule has 1 fully saturated rings. The zero-order chi connectivity index (χ0) is 13.0. The maximum Gasteiger partial charge on any atom is 0.0611 e. The van der Waals surface area contributed by atoms with Crippen LogP contribution >= 0.6 is 0 Å². The summed E-state index contributed by atoms with van der Waals surface area (Å²) < 4.78 is 0. The van der Waals surface area contributed by atoms with Crippen LogP contribution in [0.5, 0.6) is 0 Å². The minimum Gasteiger partial charge on any atom is -0.394 e. The van der Waals surface area contributed by atoms with E-state index in [1.54, 1.807) is 0 Å². The Hall–Kier alpha value is -0.970. The Labute approximate surface area is 109 Å². The average molecular weight is 249 g/mol. The minimum atomic E-state index is -0.357. The highest BCUT2D eigenvalue weighted by atomic mass is 16.3. The number of nitrogens with two attached hydrogens (primary N) is 1. The van der Waals surface area contributed by atoms with Gasteiger partial charge in [0.2, 0.25) is 0 Å². The molecule has 3 N–H and O–H groups in total. The summed E-state index contributed by atoms with van der Waals surface area (Å²) in [7, 11) is 2.14. The SMILES string of the molecule is CN(CCc1ccccn1)C1CCC(N)(CO)C1. The molecule has 1 saturated carbocycles. The van der Waals surface area contributed by atoms with Gasteiger partial charge in [-0.1, -0.05) is 6.07 Å². The Morgan fingerprint density at radius 3 is 3.00 bits per heavy atom. The molecular weight excluding hydrogens is 226 g/mol. The Bertz CT molecular complexity index is 371. The van der Waals surface area contributed by atoms with Crippen molar-refractivity contribution in [1.82, 2.24) is 9.88 Å². The van der Waals surface area contributed by atoms with Crippen molar-refractivity contribution in [2.75, 3.05) is 20.2 Å². The number of hydrogen-bond acceptors (Lipinski definition) is 4. The van der Waals surface area contributed by atoms with Crippen LogP contribution in [0.4, 0.5) is 0 Å². The number of hydrogen-bond donors (Lipinski definition) is 2. The van der Waals surface area contributed by atoms with E-state index in [0.717, 1.165) is 37.9 Å². The van der Waals surface area contributed by atoms with Crippen molar-refractivity contribution in [2.45, 2.75) is 37.3 Å². The topological polar surface area (TPSA) is 62.4 Å². The predicted molar refractivity (Wildman–Crippen MR) is 72.2 cm³/mol. The summed E-state index contributed by atoms with van der Waals surface area (Å²) in [5.74, 6) is 0. The number of rotatable bonds is 5. The standard InChI is InChI=1S/C14H23N3O/c1-17(9-6-12-4-2-3-8-16-12)13-5-7-14(15,10-13)11-18/h2-4,8,13,18H,5-7,9-11,15H2,1H3. The molecule has 1 aliphatic carbocycles. The number of likely N-dealkylation sites (N-methyl/N-ethyl adjacent to an activating group) is 1. The van der Waals surface area contributed by atoms with E-state index in [9.17, 15) is 5.11 Å². The molecule has 18 heavy (non-hydrogen) atoms. The lowest BCUT2D eigenvalue weighted by Gasteiger charge is -2.26. The van der Waals surface area contributed by atoms with Crippen LogP contribution in [0.3, 0.4) is 0 Å². The van der Waals surface area contributed by atoms with Crippen molar-refractivity contribution < 1.29 is 5.11 Å². The van der Waals surface area contributed by atoms with E-state index in [-0.39, 0.29) is 12.1 Å². The first-order valence-corrected chi connectivity index (χ1v) is 6.63. The number of nitrogens with zero attached hydrogens (tertiary/aromatic N) is 2.